The minimum absolute atomic E-state index is 0.0299. The molecular formula is C12H15ClN6O. The highest BCUT2D eigenvalue weighted by molar-refractivity contribution is 6.31. The van der Waals surface area contributed by atoms with Crippen molar-refractivity contribution in [2.75, 3.05) is 24.2 Å². The van der Waals surface area contributed by atoms with E-state index in [0.29, 0.717) is 17.1 Å². The summed E-state index contributed by atoms with van der Waals surface area (Å²) in [4.78, 5) is 25.4. The number of hydrogen-bond donors (Lipinski definition) is 2. The van der Waals surface area contributed by atoms with E-state index in [0.717, 1.165) is 5.71 Å². The van der Waals surface area contributed by atoms with Gasteiger partial charge in [0.25, 0.3) is 0 Å². The van der Waals surface area contributed by atoms with E-state index in [1.54, 1.807) is 13.1 Å². The molecule has 20 heavy (non-hydrogen) atoms. The van der Waals surface area contributed by atoms with E-state index in [1.807, 2.05) is 6.92 Å². The van der Waals surface area contributed by atoms with Crippen LogP contribution in [0.3, 0.4) is 0 Å². The van der Waals surface area contributed by atoms with Crippen LogP contribution in [0.15, 0.2) is 16.8 Å². The molecule has 0 radical (unpaired) electrons. The molecule has 1 aliphatic rings. The Morgan fingerprint density at radius 2 is 2.25 bits per heavy atom. The van der Waals surface area contributed by atoms with Gasteiger partial charge in [-0.25, -0.2) is 4.98 Å². The minimum Gasteiger partial charge on any atom is -0.401 e. The Morgan fingerprint density at radius 1 is 1.55 bits per heavy atom. The molecule has 1 amide bonds. The fourth-order valence-corrected chi connectivity index (χ4v) is 2.16. The molecule has 0 atom stereocenters. The van der Waals surface area contributed by atoms with E-state index in [9.17, 15) is 4.79 Å². The molecule has 0 aromatic carbocycles. The third kappa shape index (κ3) is 2.72. The monoisotopic (exact) mass is 294 g/mol. The van der Waals surface area contributed by atoms with Crippen molar-refractivity contribution in [2.24, 2.45) is 10.7 Å². The van der Waals surface area contributed by atoms with Crippen molar-refractivity contribution in [2.45, 2.75) is 13.3 Å². The van der Waals surface area contributed by atoms with Crippen LogP contribution in [-0.2, 0) is 11.2 Å². The molecule has 0 saturated heterocycles. The predicted molar refractivity (Wildman–Crippen MR) is 78.8 cm³/mol. The number of anilines is 2. The summed E-state index contributed by atoms with van der Waals surface area (Å²) in [7, 11) is 1.67. The van der Waals surface area contributed by atoms with E-state index < -0.39 is 0 Å². The zero-order valence-corrected chi connectivity index (χ0v) is 12.0. The number of fused-ring (bicyclic) bond motifs is 1. The molecule has 1 aromatic heterocycles. The Kier molecular flexibility index (Phi) is 3.89. The molecule has 0 bridgehead atoms. The van der Waals surface area contributed by atoms with Crippen molar-refractivity contribution in [3.05, 3.63) is 22.5 Å². The maximum absolute atomic E-state index is 12.0. The molecule has 0 aliphatic carbocycles. The van der Waals surface area contributed by atoms with Crippen LogP contribution >= 0.6 is 11.6 Å². The summed E-state index contributed by atoms with van der Waals surface area (Å²) >= 11 is 5.97. The highest BCUT2D eigenvalue weighted by Crippen LogP contribution is 2.32. The second kappa shape index (κ2) is 5.46. The molecule has 2 rings (SSSR count). The first-order valence-electron chi connectivity index (χ1n) is 5.94. The molecule has 8 heteroatoms. The lowest BCUT2D eigenvalue weighted by Gasteiger charge is -2.16. The van der Waals surface area contributed by atoms with Gasteiger partial charge >= 0.3 is 0 Å². The SMILES string of the molecule is CN=C(C)C=C(N)CN1C(=O)Cc2c(Cl)nc(N)nc21. The second-order valence-electron chi connectivity index (χ2n) is 4.42. The minimum atomic E-state index is -0.135. The normalized spacial score (nSPS) is 15.8. The summed E-state index contributed by atoms with van der Waals surface area (Å²) in [5.74, 6) is 0.321. The van der Waals surface area contributed by atoms with Crippen molar-refractivity contribution in [1.29, 1.82) is 0 Å². The van der Waals surface area contributed by atoms with Gasteiger partial charge in [-0.1, -0.05) is 11.6 Å². The van der Waals surface area contributed by atoms with Gasteiger partial charge in [0.05, 0.1) is 13.0 Å². The maximum Gasteiger partial charge on any atom is 0.233 e. The van der Waals surface area contributed by atoms with E-state index >= 15 is 0 Å². The van der Waals surface area contributed by atoms with Gasteiger partial charge in [-0.05, 0) is 13.0 Å². The van der Waals surface area contributed by atoms with Gasteiger partial charge in [-0.2, -0.15) is 4.98 Å². The van der Waals surface area contributed by atoms with Crippen molar-refractivity contribution in [3.8, 4) is 0 Å². The first-order chi connectivity index (χ1) is 9.42. The van der Waals surface area contributed by atoms with Crippen LogP contribution in [0.2, 0.25) is 5.15 Å². The lowest BCUT2D eigenvalue weighted by atomic mass is 10.3. The van der Waals surface area contributed by atoms with Crippen LogP contribution in [0.1, 0.15) is 12.5 Å². The number of nitrogens with two attached hydrogens (primary N) is 2. The largest absolute Gasteiger partial charge is 0.401 e. The van der Waals surface area contributed by atoms with Crippen molar-refractivity contribution in [1.82, 2.24) is 9.97 Å². The summed E-state index contributed by atoms with van der Waals surface area (Å²) in [6.07, 6.45) is 1.86. The van der Waals surface area contributed by atoms with Crippen molar-refractivity contribution >= 4 is 35.0 Å². The molecule has 1 aromatic rings. The molecule has 0 saturated carbocycles. The Balaban J connectivity index is 2.32. The number of aromatic nitrogens is 2. The average molecular weight is 295 g/mol. The Bertz CT molecular complexity index is 625. The molecule has 0 fully saturated rings. The smallest absolute Gasteiger partial charge is 0.233 e. The number of halogens is 1. The van der Waals surface area contributed by atoms with Gasteiger partial charge in [0.2, 0.25) is 11.9 Å². The number of carbonyl (C=O) groups excluding carboxylic acids is 1. The van der Waals surface area contributed by atoms with Crippen molar-refractivity contribution in [3.63, 3.8) is 0 Å². The van der Waals surface area contributed by atoms with Crippen LogP contribution in [0.5, 0.6) is 0 Å². The second-order valence-corrected chi connectivity index (χ2v) is 4.77. The number of allylic oxidation sites excluding steroid dienone is 1. The molecule has 106 valence electrons. The summed E-state index contributed by atoms with van der Waals surface area (Å²) in [6.45, 7) is 2.04. The number of nitrogen functional groups attached to an aromatic ring is 1. The molecule has 4 N–H and O–H groups in total. The molecule has 0 spiro atoms. The lowest BCUT2D eigenvalue weighted by molar-refractivity contribution is -0.117. The summed E-state index contributed by atoms with van der Waals surface area (Å²) < 4.78 is 0. The summed E-state index contributed by atoms with van der Waals surface area (Å²) in [6, 6.07) is 0. The number of rotatable bonds is 3. The van der Waals surface area contributed by atoms with E-state index in [2.05, 4.69) is 15.0 Å². The number of hydrogen-bond acceptors (Lipinski definition) is 6. The molecule has 7 nitrogen and oxygen atoms in total. The van der Waals surface area contributed by atoms with E-state index in [1.165, 1.54) is 4.90 Å². The van der Waals surface area contributed by atoms with Crippen LogP contribution in [-0.4, -0.2) is 35.2 Å². The van der Waals surface area contributed by atoms with E-state index in [4.69, 9.17) is 23.1 Å². The van der Waals surface area contributed by atoms with Gasteiger partial charge in [0.1, 0.15) is 11.0 Å². The van der Waals surface area contributed by atoms with Gasteiger partial charge in [-0.15, -0.1) is 0 Å². The number of aliphatic imine (C=N–C) groups is 1. The standard InChI is InChI=1S/C12H15ClN6O/c1-6(16-2)3-7(14)5-19-9(20)4-8-10(13)17-12(15)18-11(8)19/h3H,4-5,14H2,1-2H3,(H2,15,17,18). The highest BCUT2D eigenvalue weighted by Gasteiger charge is 2.32. The average Bonchev–Trinajstić information content (AvgIpc) is 2.67. The van der Waals surface area contributed by atoms with E-state index in [-0.39, 0.29) is 30.0 Å². The lowest BCUT2D eigenvalue weighted by Crippen LogP contribution is -2.31. The molecule has 2 heterocycles. The zero-order valence-electron chi connectivity index (χ0n) is 11.2. The number of amides is 1. The van der Waals surface area contributed by atoms with Crippen molar-refractivity contribution < 1.29 is 4.79 Å². The number of nitrogens with zero attached hydrogens (tertiary/aromatic N) is 4. The van der Waals surface area contributed by atoms with Crippen LogP contribution in [0.25, 0.3) is 0 Å². The van der Waals surface area contributed by atoms with Gasteiger partial charge < -0.3 is 11.5 Å². The Morgan fingerprint density at radius 3 is 2.90 bits per heavy atom. The highest BCUT2D eigenvalue weighted by atomic mass is 35.5. The van der Waals surface area contributed by atoms with Gasteiger partial charge in [0.15, 0.2) is 0 Å². The Labute approximate surface area is 121 Å². The fraction of sp³-hybridized carbons (Fsp3) is 0.333. The Hall–Kier alpha value is -2.15. The predicted octanol–water partition coefficient (Wildman–Crippen LogP) is 0.535. The fourth-order valence-electron chi connectivity index (χ4n) is 1.93. The van der Waals surface area contributed by atoms with Crippen LogP contribution in [0, 0.1) is 0 Å². The van der Waals surface area contributed by atoms with Crippen LogP contribution < -0.4 is 16.4 Å². The van der Waals surface area contributed by atoms with Gasteiger partial charge in [-0.3, -0.25) is 14.7 Å². The summed E-state index contributed by atoms with van der Waals surface area (Å²) in [5.41, 5.74) is 13.3. The number of carbonyl (C=O) groups is 1. The van der Waals surface area contributed by atoms with Crippen LogP contribution in [0.4, 0.5) is 11.8 Å². The molecular weight excluding hydrogens is 280 g/mol. The molecule has 1 aliphatic heterocycles. The third-order valence-corrected chi connectivity index (χ3v) is 3.24. The quantitative estimate of drug-likeness (QED) is 0.624. The summed E-state index contributed by atoms with van der Waals surface area (Å²) in [5, 5.41) is 0.206. The third-order valence-electron chi connectivity index (χ3n) is 2.92. The van der Waals surface area contributed by atoms with Gasteiger partial charge in [0, 0.05) is 24.0 Å². The first kappa shape index (κ1) is 14.3. The first-order valence-corrected chi connectivity index (χ1v) is 6.32. The topological polar surface area (TPSA) is 110 Å². The molecule has 0 unspecified atom stereocenters. The maximum atomic E-state index is 12.0. The zero-order chi connectivity index (χ0) is 14.9.